The molecule has 1 aliphatic heterocycles. The van der Waals surface area contributed by atoms with E-state index in [1.165, 1.54) is 0 Å². The number of hydrogen-bond donors (Lipinski definition) is 1. The SMILES string of the molecule is COc1cc(C(C)NC(=O)CN2CCCCC2=O)ccc1OCC(C)C. The second-order valence-electron chi connectivity index (χ2n) is 7.18. The van der Waals surface area contributed by atoms with Crippen LogP contribution < -0.4 is 14.8 Å². The fraction of sp³-hybridized carbons (Fsp3) is 0.600. The summed E-state index contributed by atoms with van der Waals surface area (Å²) < 4.78 is 11.2. The second-order valence-corrected chi connectivity index (χ2v) is 7.18. The number of benzene rings is 1. The highest BCUT2D eigenvalue weighted by Gasteiger charge is 2.21. The zero-order valence-corrected chi connectivity index (χ0v) is 16.2. The van der Waals surface area contributed by atoms with Gasteiger partial charge in [-0.1, -0.05) is 19.9 Å². The van der Waals surface area contributed by atoms with Crippen LogP contribution >= 0.6 is 0 Å². The maximum Gasteiger partial charge on any atom is 0.240 e. The summed E-state index contributed by atoms with van der Waals surface area (Å²) in [6.45, 7) is 7.49. The van der Waals surface area contributed by atoms with E-state index in [0.29, 0.717) is 37.0 Å². The predicted octanol–water partition coefficient (Wildman–Crippen LogP) is 2.92. The van der Waals surface area contributed by atoms with Gasteiger partial charge in [0, 0.05) is 13.0 Å². The Morgan fingerprint density at radius 1 is 1.23 bits per heavy atom. The summed E-state index contributed by atoms with van der Waals surface area (Å²) in [5, 5.41) is 2.96. The van der Waals surface area contributed by atoms with Crippen LogP contribution in [0.2, 0.25) is 0 Å². The van der Waals surface area contributed by atoms with Gasteiger partial charge in [0.25, 0.3) is 0 Å². The molecule has 6 heteroatoms. The van der Waals surface area contributed by atoms with Gasteiger partial charge in [-0.25, -0.2) is 0 Å². The number of piperidine rings is 1. The van der Waals surface area contributed by atoms with Crippen molar-refractivity contribution in [3.63, 3.8) is 0 Å². The summed E-state index contributed by atoms with van der Waals surface area (Å²) in [7, 11) is 1.60. The molecule has 0 saturated carbocycles. The van der Waals surface area contributed by atoms with Gasteiger partial charge < -0.3 is 19.7 Å². The third-order valence-corrected chi connectivity index (χ3v) is 4.39. The van der Waals surface area contributed by atoms with E-state index in [1.807, 2.05) is 25.1 Å². The van der Waals surface area contributed by atoms with E-state index < -0.39 is 0 Å². The molecule has 2 amide bonds. The first kappa shape index (κ1) is 20.1. The smallest absolute Gasteiger partial charge is 0.240 e. The number of amides is 2. The van der Waals surface area contributed by atoms with Crippen molar-refractivity contribution >= 4 is 11.8 Å². The van der Waals surface area contributed by atoms with Gasteiger partial charge >= 0.3 is 0 Å². The molecule has 6 nitrogen and oxygen atoms in total. The number of rotatable bonds is 8. The third-order valence-electron chi connectivity index (χ3n) is 4.39. The van der Waals surface area contributed by atoms with Gasteiger partial charge in [0.05, 0.1) is 26.3 Å². The summed E-state index contributed by atoms with van der Waals surface area (Å²) in [4.78, 5) is 25.7. The molecule has 1 N–H and O–H groups in total. The zero-order valence-electron chi connectivity index (χ0n) is 16.2. The average Bonchev–Trinajstić information content (AvgIpc) is 2.61. The predicted molar refractivity (Wildman–Crippen MR) is 100 cm³/mol. The van der Waals surface area contributed by atoms with Crippen molar-refractivity contribution in [1.29, 1.82) is 0 Å². The molecule has 2 rings (SSSR count). The molecule has 1 unspecified atom stereocenters. The normalized spacial score (nSPS) is 15.7. The Kier molecular flexibility index (Phi) is 7.30. The van der Waals surface area contributed by atoms with Crippen molar-refractivity contribution in [2.24, 2.45) is 5.92 Å². The fourth-order valence-corrected chi connectivity index (χ4v) is 2.90. The first-order valence-corrected chi connectivity index (χ1v) is 9.28. The van der Waals surface area contributed by atoms with E-state index >= 15 is 0 Å². The molecule has 0 bridgehead atoms. The van der Waals surface area contributed by atoms with Crippen LogP contribution in [-0.2, 0) is 9.59 Å². The lowest BCUT2D eigenvalue weighted by Crippen LogP contribution is -2.43. The molecule has 26 heavy (non-hydrogen) atoms. The minimum atomic E-state index is -0.185. The topological polar surface area (TPSA) is 67.9 Å². The maximum absolute atomic E-state index is 12.3. The Balaban J connectivity index is 1.96. The van der Waals surface area contributed by atoms with Gasteiger partial charge in [-0.15, -0.1) is 0 Å². The molecular weight excluding hydrogens is 332 g/mol. The first-order valence-electron chi connectivity index (χ1n) is 9.28. The molecule has 0 aliphatic carbocycles. The first-order chi connectivity index (χ1) is 12.4. The molecule has 0 radical (unpaired) electrons. The largest absolute Gasteiger partial charge is 0.493 e. The van der Waals surface area contributed by atoms with Crippen LogP contribution in [0.15, 0.2) is 18.2 Å². The summed E-state index contributed by atoms with van der Waals surface area (Å²) in [6.07, 6.45) is 2.42. The quantitative estimate of drug-likeness (QED) is 0.772. The maximum atomic E-state index is 12.3. The number of methoxy groups -OCH3 is 1. The van der Waals surface area contributed by atoms with Crippen LogP contribution in [0.25, 0.3) is 0 Å². The van der Waals surface area contributed by atoms with Crippen LogP contribution in [0.5, 0.6) is 11.5 Å². The molecule has 144 valence electrons. The summed E-state index contributed by atoms with van der Waals surface area (Å²) in [6, 6.07) is 5.49. The molecule has 1 aromatic rings. The Labute approximate surface area is 155 Å². The van der Waals surface area contributed by atoms with Crippen molar-refractivity contribution in [2.45, 2.75) is 46.1 Å². The monoisotopic (exact) mass is 362 g/mol. The van der Waals surface area contributed by atoms with Crippen molar-refractivity contribution in [3.05, 3.63) is 23.8 Å². The van der Waals surface area contributed by atoms with Gasteiger partial charge in [0.15, 0.2) is 11.5 Å². The van der Waals surface area contributed by atoms with Gasteiger partial charge in [-0.05, 0) is 43.4 Å². The number of carbonyl (C=O) groups excluding carboxylic acids is 2. The van der Waals surface area contributed by atoms with E-state index in [1.54, 1.807) is 12.0 Å². The number of nitrogens with zero attached hydrogens (tertiary/aromatic N) is 1. The molecule has 1 atom stereocenters. The Bertz CT molecular complexity index is 630. The lowest BCUT2D eigenvalue weighted by Gasteiger charge is -2.26. The molecule has 1 fully saturated rings. The number of nitrogens with one attached hydrogen (secondary N) is 1. The summed E-state index contributed by atoms with van der Waals surface area (Å²) in [5.41, 5.74) is 0.928. The summed E-state index contributed by atoms with van der Waals surface area (Å²) in [5.74, 6) is 1.69. The molecule has 0 spiro atoms. The lowest BCUT2D eigenvalue weighted by atomic mass is 10.1. The second kappa shape index (κ2) is 9.46. The van der Waals surface area contributed by atoms with Gasteiger partial charge in [0.1, 0.15) is 0 Å². The summed E-state index contributed by atoms with van der Waals surface area (Å²) >= 11 is 0. The van der Waals surface area contributed by atoms with Crippen molar-refractivity contribution in [2.75, 3.05) is 26.8 Å². The van der Waals surface area contributed by atoms with E-state index in [2.05, 4.69) is 19.2 Å². The van der Waals surface area contributed by atoms with Gasteiger partial charge in [-0.2, -0.15) is 0 Å². The standard InChI is InChI=1S/C20H30N2O4/c1-14(2)13-26-17-9-8-16(11-18(17)25-4)15(3)21-19(23)12-22-10-6-5-7-20(22)24/h8-9,11,14-15H,5-7,10,12-13H2,1-4H3,(H,21,23). The van der Waals surface area contributed by atoms with Crippen LogP contribution in [0, 0.1) is 5.92 Å². The third kappa shape index (κ3) is 5.64. The fourth-order valence-electron chi connectivity index (χ4n) is 2.90. The Morgan fingerprint density at radius 3 is 2.65 bits per heavy atom. The van der Waals surface area contributed by atoms with E-state index in [9.17, 15) is 9.59 Å². The highest BCUT2D eigenvalue weighted by Crippen LogP contribution is 2.30. The molecule has 1 aliphatic rings. The van der Waals surface area contributed by atoms with E-state index in [-0.39, 0.29) is 24.4 Å². The molecule has 0 aromatic heterocycles. The number of ether oxygens (including phenoxy) is 2. The molecule has 1 aromatic carbocycles. The minimum Gasteiger partial charge on any atom is -0.493 e. The van der Waals surface area contributed by atoms with Crippen molar-refractivity contribution < 1.29 is 19.1 Å². The van der Waals surface area contributed by atoms with Crippen molar-refractivity contribution in [1.82, 2.24) is 10.2 Å². The van der Waals surface area contributed by atoms with E-state index in [4.69, 9.17) is 9.47 Å². The zero-order chi connectivity index (χ0) is 19.1. The van der Waals surface area contributed by atoms with Crippen LogP contribution in [0.1, 0.15) is 51.6 Å². The molecule has 1 saturated heterocycles. The number of hydrogen-bond acceptors (Lipinski definition) is 4. The minimum absolute atomic E-state index is 0.0624. The van der Waals surface area contributed by atoms with Crippen LogP contribution in [-0.4, -0.2) is 43.5 Å². The average molecular weight is 362 g/mol. The molecule has 1 heterocycles. The Morgan fingerprint density at radius 2 is 2.00 bits per heavy atom. The van der Waals surface area contributed by atoms with Crippen molar-refractivity contribution in [3.8, 4) is 11.5 Å². The Hall–Kier alpha value is -2.24. The molecular formula is C20H30N2O4. The van der Waals surface area contributed by atoms with Crippen LogP contribution in [0.3, 0.4) is 0 Å². The van der Waals surface area contributed by atoms with Gasteiger partial charge in [0.2, 0.25) is 11.8 Å². The van der Waals surface area contributed by atoms with E-state index in [0.717, 1.165) is 18.4 Å². The van der Waals surface area contributed by atoms with Gasteiger partial charge in [-0.3, -0.25) is 9.59 Å². The highest BCUT2D eigenvalue weighted by molar-refractivity contribution is 5.85. The number of likely N-dealkylation sites (tertiary alicyclic amines) is 1. The number of carbonyl (C=O) groups is 2. The lowest BCUT2D eigenvalue weighted by molar-refractivity contribution is -0.138. The highest BCUT2D eigenvalue weighted by atomic mass is 16.5. The van der Waals surface area contributed by atoms with Crippen LogP contribution in [0.4, 0.5) is 0 Å².